The first-order valence-electron chi connectivity index (χ1n) is 26.3. The number of aromatic nitrogens is 4. The molecule has 4 aromatic carbocycles. The fourth-order valence-electron chi connectivity index (χ4n) is 12.0. The minimum atomic E-state index is -1.10. The van der Waals surface area contributed by atoms with Crippen LogP contribution in [-0.2, 0) is 29.6 Å². The number of para-hydroxylation sites is 1. The molecule has 1 aliphatic carbocycles. The van der Waals surface area contributed by atoms with E-state index in [2.05, 4.69) is 55.4 Å². The lowest BCUT2D eigenvalue weighted by Crippen LogP contribution is -2.46. The van der Waals surface area contributed by atoms with Crippen LogP contribution in [0.1, 0.15) is 112 Å². The van der Waals surface area contributed by atoms with Gasteiger partial charge < -0.3 is 19.6 Å². The van der Waals surface area contributed by atoms with E-state index >= 15 is 0 Å². The Bertz CT molecular complexity index is 3260. The second-order valence-corrected chi connectivity index (χ2v) is 21.6. The number of thiazole rings is 1. The predicted octanol–water partition coefficient (Wildman–Crippen LogP) is 9.83. The molecule has 0 spiro atoms. The number of piperazine rings is 1. The number of fused-ring (bicyclic) bond motifs is 3. The summed E-state index contributed by atoms with van der Waals surface area (Å²) < 4.78 is 9.59. The van der Waals surface area contributed by atoms with Crippen LogP contribution in [-0.4, -0.2) is 98.8 Å². The molecule has 4 aliphatic rings. The summed E-state index contributed by atoms with van der Waals surface area (Å²) in [6.45, 7) is 10.3. The lowest BCUT2D eigenvalue weighted by atomic mass is 9.84. The van der Waals surface area contributed by atoms with Crippen LogP contribution in [0, 0.1) is 19.8 Å². The summed E-state index contributed by atoms with van der Waals surface area (Å²) in [4.78, 5) is 67.5. The maximum Gasteiger partial charge on any atom is 0.355 e. The number of carboxylic acids is 1. The Kier molecular flexibility index (Phi) is 13.9. The number of carboxylic acid groups (broad SMARTS) is 1. The molecule has 1 atom stereocenters. The van der Waals surface area contributed by atoms with Crippen LogP contribution < -0.4 is 25.2 Å². The zero-order valence-corrected chi connectivity index (χ0v) is 43.2. The molecule has 74 heavy (non-hydrogen) atoms. The summed E-state index contributed by atoms with van der Waals surface area (Å²) >= 11 is 1.44. The van der Waals surface area contributed by atoms with Crippen LogP contribution in [0.2, 0.25) is 0 Å². The van der Waals surface area contributed by atoms with Gasteiger partial charge in [-0.15, -0.1) is 0 Å². The molecule has 3 N–H and O–H groups in total. The monoisotopic (exact) mass is 1010 g/mol. The number of ether oxygens (including phenoxy) is 1. The number of aryl methyl sites for hydroxylation is 2. The number of amides is 3. The Hall–Kier alpha value is -7.17. The summed E-state index contributed by atoms with van der Waals surface area (Å²) in [5, 5.41) is 22.4. The molecule has 0 bridgehead atoms. The molecule has 11 rings (SSSR count). The van der Waals surface area contributed by atoms with Gasteiger partial charge in [-0.05, 0) is 148 Å². The molecule has 0 radical (unpaired) electrons. The molecule has 382 valence electrons. The van der Waals surface area contributed by atoms with Gasteiger partial charge in [0.1, 0.15) is 11.6 Å². The fraction of sp³-hybridized carbons (Fsp3) is 0.397. The van der Waals surface area contributed by atoms with Crippen LogP contribution in [0.4, 0.5) is 16.6 Å². The van der Waals surface area contributed by atoms with Gasteiger partial charge in [-0.25, -0.2) is 14.8 Å². The smallest absolute Gasteiger partial charge is 0.355 e. The quantitative estimate of drug-likeness (QED) is 0.0696. The Morgan fingerprint density at radius 3 is 2.42 bits per heavy atom. The zero-order chi connectivity index (χ0) is 51.0. The largest absolute Gasteiger partial charge is 0.490 e. The van der Waals surface area contributed by atoms with Gasteiger partial charge in [0.05, 0.1) is 33.4 Å². The Labute approximate surface area is 434 Å². The number of nitrogens with zero attached hydrogens (tertiary/aromatic N) is 7. The zero-order valence-electron chi connectivity index (χ0n) is 42.4. The third-order valence-electron chi connectivity index (χ3n) is 16.0. The third-order valence-corrected chi connectivity index (χ3v) is 16.9. The van der Waals surface area contributed by atoms with Crippen molar-refractivity contribution in [1.29, 1.82) is 0 Å². The van der Waals surface area contributed by atoms with Gasteiger partial charge >= 0.3 is 5.97 Å². The number of pyridine rings is 1. The minimum Gasteiger partial charge on any atom is -0.490 e. The van der Waals surface area contributed by atoms with Crippen molar-refractivity contribution in [2.24, 2.45) is 13.0 Å². The number of piperidine rings is 1. The number of hydrogen-bond donors (Lipinski definition) is 3. The van der Waals surface area contributed by atoms with Gasteiger partial charge in [-0.1, -0.05) is 60.6 Å². The number of nitrogens with one attached hydrogen (secondary N) is 2. The lowest BCUT2D eigenvalue weighted by molar-refractivity contribution is -0.134. The first-order chi connectivity index (χ1) is 35.9. The van der Waals surface area contributed by atoms with Crippen LogP contribution >= 0.6 is 11.3 Å². The molecule has 3 aromatic heterocycles. The number of rotatable bonds is 14. The van der Waals surface area contributed by atoms with E-state index in [1.54, 1.807) is 0 Å². The van der Waals surface area contributed by atoms with E-state index in [0.717, 1.165) is 113 Å². The second-order valence-electron chi connectivity index (χ2n) is 20.6. The Morgan fingerprint density at radius 1 is 0.811 bits per heavy atom. The molecule has 1 unspecified atom stereocenters. The molecule has 6 heterocycles. The summed E-state index contributed by atoms with van der Waals surface area (Å²) in [7, 11) is 1.94. The maximum absolute atomic E-state index is 13.7. The van der Waals surface area contributed by atoms with Crippen molar-refractivity contribution in [3.63, 3.8) is 0 Å². The number of anilines is 3. The van der Waals surface area contributed by atoms with E-state index < -0.39 is 11.9 Å². The van der Waals surface area contributed by atoms with Crippen LogP contribution in [0.5, 0.6) is 5.75 Å². The van der Waals surface area contributed by atoms with Crippen molar-refractivity contribution in [2.45, 2.75) is 96.6 Å². The van der Waals surface area contributed by atoms with Crippen molar-refractivity contribution in [1.82, 2.24) is 30.0 Å². The SMILES string of the molecule is Cc1c(OC2CCC(CCCCN3CCN(c4ccc5c(C6CCC(=O)NC6=O)nn(C)c5c4C)CC3)CC2)cccc1-c1ccc(N2CCc3cccc(C(=O)Nc4nc5ccccc5s4)c3C2)nc1C(=O)O. The van der Waals surface area contributed by atoms with Crippen molar-refractivity contribution < 1.29 is 29.0 Å². The normalized spacial score (nSPS) is 19.4. The topological polar surface area (TPSA) is 175 Å². The molecule has 3 fully saturated rings. The molecule has 2 saturated heterocycles. The third kappa shape index (κ3) is 9.96. The fourth-order valence-corrected chi connectivity index (χ4v) is 12.8. The van der Waals surface area contributed by atoms with Gasteiger partial charge in [0.15, 0.2) is 10.8 Å². The Balaban J connectivity index is 0.652. The standard InChI is InChI=1S/C58H63N9O6S/c1-35-40(41-22-25-50(60-53(41)57(71)72)67-29-27-38-11-8-13-42(45(38)34-67)55(69)62-58-59-46-14-4-5-16-49(46)74-58)12-9-15-48(35)73-39-19-17-37(18-20-39)10-6-7-28-65-30-32-66(33-31-65)47-24-21-43-52(63-64(3)54(43)36(47)2)44-23-26-51(68)61-56(44)70/h4-5,8-9,11-16,21-22,24-25,37,39,44H,6-7,10,17-20,23,26-34H2,1-3H3,(H,71,72)(H,59,62,69)(H,61,68,70). The van der Waals surface area contributed by atoms with Crippen LogP contribution in [0.15, 0.2) is 84.9 Å². The molecule has 15 nitrogen and oxygen atoms in total. The van der Waals surface area contributed by atoms with E-state index in [1.807, 2.05) is 85.4 Å². The highest BCUT2D eigenvalue weighted by Crippen LogP contribution is 2.39. The lowest BCUT2D eigenvalue weighted by Gasteiger charge is -2.37. The molecular formula is C58H63N9O6S. The van der Waals surface area contributed by atoms with Gasteiger partial charge in [0.2, 0.25) is 11.8 Å². The van der Waals surface area contributed by atoms with Crippen molar-refractivity contribution in [2.75, 3.05) is 54.4 Å². The average Bonchev–Trinajstić information content (AvgIpc) is 3.98. The number of aromatic carboxylic acids is 1. The van der Waals surface area contributed by atoms with Crippen molar-refractivity contribution >= 4 is 72.8 Å². The summed E-state index contributed by atoms with van der Waals surface area (Å²) in [6.07, 6.45) is 9.55. The number of hydrogen-bond acceptors (Lipinski definition) is 12. The molecular weight excluding hydrogens is 951 g/mol. The van der Waals surface area contributed by atoms with Gasteiger partial charge in [0, 0.05) is 74.9 Å². The predicted molar refractivity (Wildman–Crippen MR) is 290 cm³/mol. The Morgan fingerprint density at radius 2 is 1.62 bits per heavy atom. The van der Waals surface area contributed by atoms with Crippen LogP contribution in [0.3, 0.4) is 0 Å². The number of carbonyl (C=O) groups excluding carboxylic acids is 3. The first-order valence-corrected chi connectivity index (χ1v) is 27.1. The summed E-state index contributed by atoms with van der Waals surface area (Å²) in [5.74, 6) is -0.175. The number of imide groups is 1. The van der Waals surface area contributed by atoms with E-state index in [9.17, 15) is 24.3 Å². The van der Waals surface area contributed by atoms with E-state index in [0.29, 0.717) is 60.3 Å². The molecule has 3 amide bonds. The second kappa shape index (κ2) is 21.0. The van der Waals surface area contributed by atoms with Crippen molar-refractivity contribution in [3.8, 4) is 16.9 Å². The number of carbonyl (C=O) groups is 4. The van der Waals surface area contributed by atoms with Gasteiger partial charge in [0.25, 0.3) is 5.91 Å². The summed E-state index contributed by atoms with van der Waals surface area (Å²) in [6, 6.07) is 27.5. The maximum atomic E-state index is 13.7. The molecule has 7 aromatic rings. The summed E-state index contributed by atoms with van der Waals surface area (Å²) in [5.41, 5.74) is 9.80. The molecule has 3 aliphatic heterocycles. The van der Waals surface area contributed by atoms with E-state index in [1.165, 1.54) is 41.9 Å². The molecule has 1 saturated carbocycles. The highest BCUT2D eigenvalue weighted by molar-refractivity contribution is 7.22. The average molecular weight is 1010 g/mol. The minimum absolute atomic E-state index is 0.0168. The number of unbranched alkanes of at least 4 members (excludes halogenated alkanes) is 1. The van der Waals surface area contributed by atoms with Crippen LogP contribution in [0.25, 0.3) is 32.2 Å². The first kappa shape index (κ1) is 49.1. The van der Waals surface area contributed by atoms with Gasteiger partial charge in [-0.2, -0.15) is 5.10 Å². The van der Waals surface area contributed by atoms with E-state index in [4.69, 9.17) is 14.8 Å². The molecule has 16 heteroatoms. The van der Waals surface area contributed by atoms with E-state index in [-0.39, 0.29) is 29.5 Å². The van der Waals surface area contributed by atoms with Gasteiger partial charge in [-0.3, -0.25) is 34.6 Å². The number of benzene rings is 4. The highest BCUT2D eigenvalue weighted by atomic mass is 32.1. The van der Waals surface area contributed by atoms with Crippen molar-refractivity contribution in [3.05, 3.63) is 124 Å². The highest BCUT2D eigenvalue weighted by Gasteiger charge is 2.33.